The van der Waals surface area contributed by atoms with Crippen LogP contribution in [0.15, 0.2) is 122 Å². The minimum Gasteiger partial charge on any atom is -0.361 e. The van der Waals surface area contributed by atoms with Crippen LogP contribution >= 0.6 is 11.6 Å². The molecule has 4 atom stereocenters. The number of halogens is 4. The van der Waals surface area contributed by atoms with Gasteiger partial charge in [-0.25, -0.2) is 38.8 Å². The fourth-order valence-corrected chi connectivity index (χ4v) is 21.7. The Morgan fingerprint density at radius 1 is 0.516 bits per heavy atom. The molecule has 1 aliphatic carbocycles. The monoisotopic (exact) mass is 1370 g/mol. The van der Waals surface area contributed by atoms with Crippen molar-refractivity contribution in [3.05, 3.63) is 172 Å². The Morgan fingerprint density at radius 2 is 0.946 bits per heavy atom. The lowest BCUT2D eigenvalue weighted by molar-refractivity contribution is -0.118. The zero-order chi connectivity index (χ0) is 65.8. The van der Waals surface area contributed by atoms with E-state index >= 15 is 0 Å². The highest BCUT2D eigenvalue weighted by atomic mass is 35.5. The SMILES string of the molecule is C=S(=O)(CCC)N1CCC(c2c[nH]c3cc(F)ccc23)CC1.C=S(=O)(Cc1ccccc1)N1CCC(c2c[nH]c3cc(F)ccc23)CC1.C=S(C)(=O)N1CCC(C2C(=O)Nc3ccc(Cl)cc32)CC1.O=S(=O)(C1CCCC1)N1CCC(c2c[nH]c3cc(F)ccc23)CC1. The highest BCUT2D eigenvalue weighted by Gasteiger charge is 2.40. The molecule has 6 aliphatic rings. The van der Waals surface area contributed by atoms with E-state index in [0.717, 1.165) is 172 Å². The van der Waals surface area contributed by atoms with Crippen LogP contribution in [0, 0.1) is 23.4 Å². The average molecular weight is 1370 g/mol. The van der Waals surface area contributed by atoms with E-state index in [2.05, 4.69) is 42.2 Å². The maximum Gasteiger partial charge on any atom is 0.232 e. The molecule has 3 aromatic heterocycles. The van der Waals surface area contributed by atoms with E-state index in [1.165, 1.54) is 53.1 Å². The van der Waals surface area contributed by atoms with Crippen LogP contribution in [0.5, 0.6) is 0 Å². The number of carbonyl (C=O) groups is 1. The summed E-state index contributed by atoms with van der Waals surface area (Å²) in [5, 5.41) is 6.66. The van der Waals surface area contributed by atoms with Gasteiger partial charge in [0.05, 0.1) is 16.9 Å². The summed E-state index contributed by atoms with van der Waals surface area (Å²) in [5.41, 5.74) is 9.10. The Hall–Kier alpha value is -5.88. The predicted molar refractivity (Wildman–Crippen MR) is 381 cm³/mol. The third-order valence-corrected chi connectivity index (χ3v) is 28.4. The van der Waals surface area contributed by atoms with Crippen LogP contribution in [0.2, 0.25) is 5.02 Å². The number of aromatic amines is 3. The van der Waals surface area contributed by atoms with Gasteiger partial charge in [-0.05, 0) is 213 Å². The van der Waals surface area contributed by atoms with Gasteiger partial charge in [0.15, 0.2) is 0 Å². The van der Waals surface area contributed by atoms with E-state index in [-0.39, 0.29) is 40.4 Å². The number of fused-ring (bicyclic) bond motifs is 4. The van der Waals surface area contributed by atoms with E-state index < -0.39 is 39.1 Å². The molecule has 0 radical (unpaired) electrons. The Morgan fingerprint density at radius 3 is 1.39 bits per heavy atom. The molecule has 1 amide bonds. The number of benzene rings is 5. The lowest BCUT2D eigenvalue weighted by Crippen LogP contribution is -2.42. The van der Waals surface area contributed by atoms with Crippen molar-refractivity contribution in [1.29, 1.82) is 0 Å². The normalized spacial score (nSPS) is 21.6. The molecule has 4 unspecified atom stereocenters. The van der Waals surface area contributed by atoms with Gasteiger partial charge >= 0.3 is 0 Å². The number of nitrogens with one attached hydrogen (secondary N) is 4. The first-order valence-corrected chi connectivity index (χ1v) is 40.3. The van der Waals surface area contributed by atoms with Crippen LogP contribution in [0.4, 0.5) is 18.9 Å². The molecule has 4 N–H and O–H groups in total. The summed E-state index contributed by atoms with van der Waals surface area (Å²) in [4.78, 5) is 21.8. The first-order chi connectivity index (χ1) is 44.4. The summed E-state index contributed by atoms with van der Waals surface area (Å²) in [6, 6.07) is 30.1. The second-order valence-corrected chi connectivity index (χ2v) is 36.0. The number of carbonyl (C=O) groups excluding carboxylic acids is 1. The van der Waals surface area contributed by atoms with Gasteiger partial charge in [0, 0.05) is 155 Å². The van der Waals surface area contributed by atoms with Crippen molar-refractivity contribution in [3.63, 3.8) is 0 Å². The molecule has 14 nitrogen and oxygen atoms in total. The molecular formula is C71H88ClF3N8O6S4. The lowest BCUT2D eigenvalue weighted by Gasteiger charge is -2.34. The molecular weight excluding hydrogens is 1280 g/mol. The van der Waals surface area contributed by atoms with E-state index in [4.69, 9.17) is 11.6 Å². The quantitative estimate of drug-likeness (QED) is 0.0836. The van der Waals surface area contributed by atoms with Gasteiger partial charge in [-0.3, -0.25) is 17.4 Å². The predicted octanol–water partition coefficient (Wildman–Crippen LogP) is 14.0. The van der Waals surface area contributed by atoms with Crippen molar-refractivity contribution in [3.8, 4) is 0 Å². The van der Waals surface area contributed by atoms with Gasteiger partial charge in [0.2, 0.25) is 15.9 Å². The summed E-state index contributed by atoms with van der Waals surface area (Å²) >= 11 is 6.06. The molecule has 93 heavy (non-hydrogen) atoms. The third-order valence-electron chi connectivity index (χ3n) is 19.9. The highest BCUT2D eigenvalue weighted by Crippen LogP contribution is 2.44. The van der Waals surface area contributed by atoms with Gasteiger partial charge in [0.25, 0.3) is 0 Å². The first kappa shape index (κ1) is 68.5. The Kier molecular flexibility index (Phi) is 21.5. The van der Waals surface area contributed by atoms with Crippen LogP contribution < -0.4 is 5.32 Å². The number of nitrogens with zero attached hydrogens (tertiary/aromatic N) is 4. The summed E-state index contributed by atoms with van der Waals surface area (Å²) in [6.45, 7) is 7.87. The molecule has 500 valence electrons. The fourth-order valence-electron chi connectivity index (χ4n) is 14.9. The Balaban J connectivity index is 0.000000127. The van der Waals surface area contributed by atoms with Crippen molar-refractivity contribution < 1.29 is 39.0 Å². The standard InChI is InChI=1S/C21H23FN2OS.C18H23FN2O2S.C17H23FN2OS.C15H19ClN2O2S/c1-26(25,15-16-5-3-2-4-6-16)24-11-9-17(10-12-24)20-14-23-21-13-18(22)7-8-19(20)21;19-14-5-6-16-17(12-20-18(16)11-14)13-7-9-21(10-8-13)24(22,23)15-3-1-2-4-15;1-3-10-22(2,21)20-8-6-13(7-9-20)16-12-19-17-11-14(18)4-5-15(16)17;1-21(2,20)18-7-5-10(6-8-18)14-12-9-11(16)3-4-13(12)17-15(14)19/h2-8,13-14,17,23H,1,9-12,15H2;5-6,11-13,15,20H,1-4,7-10H2;4-5,11-13,19H,2-3,6-10H2,1H3;3-4,9-10,14H,1,5-8H2,2H3,(H,17,19). The second-order valence-electron chi connectivity index (χ2n) is 26.1. The fraction of sp³-hybridized carbons (Fsp3) is 0.437. The molecule has 8 aromatic rings. The highest BCUT2D eigenvalue weighted by molar-refractivity contribution is 7.98. The van der Waals surface area contributed by atoms with Gasteiger partial charge in [-0.15, -0.1) is 0 Å². The number of sulfonamides is 1. The summed E-state index contributed by atoms with van der Waals surface area (Å²) in [6.07, 6.45) is 19.4. The van der Waals surface area contributed by atoms with Crippen LogP contribution in [-0.2, 0) is 49.7 Å². The second kappa shape index (κ2) is 29.2. The largest absolute Gasteiger partial charge is 0.361 e. The third kappa shape index (κ3) is 16.0. The van der Waals surface area contributed by atoms with Gasteiger partial charge in [0.1, 0.15) is 17.5 Å². The van der Waals surface area contributed by atoms with Crippen molar-refractivity contribution in [2.24, 2.45) is 5.92 Å². The summed E-state index contributed by atoms with van der Waals surface area (Å²) in [5.74, 6) is 13.5. The Labute approximate surface area is 552 Å². The van der Waals surface area contributed by atoms with Crippen LogP contribution in [0.1, 0.15) is 142 Å². The van der Waals surface area contributed by atoms with Crippen LogP contribution in [0.3, 0.4) is 0 Å². The number of rotatable bonds is 13. The summed E-state index contributed by atoms with van der Waals surface area (Å²) < 4.78 is 111. The average Bonchev–Trinajstić information content (AvgIpc) is 1.72. The first-order valence-electron chi connectivity index (χ1n) is 32.7. The molecule has 0 spiro atoms. The molecule has 1 saturated carbocycles. The molecule has 5 fully saturated rings. The number of anilines is 1. The molecule has 5 aromatic carbocycles. The van der Waals surface area contributed by atoms with E-state index in [9.17, 15) is 39.0 Å². The van der Waals surface area contributed by atoms with E-state index in [1.807, 2.05) is 94.8 Å². The maximum absolute atomic E-state index is 13.4. The number of hydrogen-bond acceptors (Lipinski definition) is 6. The number of piperidine rings is 4. The number of amides is 1. The van der Waals surface area contributed by atoms with Gasteiger partial charge in [-0.2, -0.15) is 0 Å². The number of H-pyrrole nitrogens is 3. The number of hydrogen-bond donors (Lipinski definition) is 4. The smallest absolute Gasteiger partial charge is 0.232 e. The maximum atomic E-state index is 13.4. The van der Waals surface area contributed by atoms with Crippen LogP contribution in [-0.4, -0.2) is 146 Å². The Bertz CT molecular complexity index is 4390. The zero-order valence-electron chi connectivity index (χ0n) is 53.3. The van der Waals surface area contributed by atoms with Crippen molar-refractivity contribution in [1.82, 2.24) is 32.2 Å². The number of aromatic nitrogens is 3. The molecule has 4 saturated heterocycles. The molecule has 5 aliphatic heterocycles. The lowest BCUT2D eigenvalue weighted by atomic mass is 9.81. The van der Waals surface area contributed by atoms with Crippen molar-refractivity contribution in [2.45, 2.75) is 125 Å². The minimum atomic E-state index is -3.13. The minimum absolute atomic E-state index is 0.0533. The molecule has 0 bridgehead atoms. The van der Waals surface area contributed by atoms with Crippen molar-refractivity contribution >= 4 is 113 Å². The van der Waals surface area contributed by atoms with E-state index in [1.54, 1.807) is 16.6 Å². The zero-order valence-corrected chi connectivity index (χ0v) is 57.3. The van der Waals surface area contributed by atoms with Gasteiger partial charge < -0.3 is 20.3 Å². The molecule has 14 rings (SSSR count). The molecule has 22 heteroatoms. The molecule has 8 heterocycles. The van der Waals surface area contributed by atoms with E-state index in [0.29, 0.717) is 47.4 Å². The van der Waals surface area contributed by atoms with Crippen LogP contribution in [0.25, 0.3) is 32.7 Å². The topological polar surface area (TPSA) is 175 Å². The van der Waals surface area contributed by atoms with Gasteiger partial charge in [-0.1, -0.05) is 61.7 Å². The van der Waals surface area contributed by atoms with Crippen molar-refractivity contribution in [2.75, 3.05) is 69.7 Å². The summed E-state index contributed by atoms with van der Waals surface area (Å²) in [7, 11) is -9.67.